The molecule has 1 amide bonds. The maximum atomic E-state index is 11.6. The summed E-state index contributed by atoms with van der Waals surface area (Å²) in [7, 11) is 0. The van der Waals surface area contributed by atoms with E-state index in [1.807, 2.05) is 11.8 Å². The Morgan fingerprint density at radius 3 is 3.00 bits per heavy atom. The summed E-state index contributed by atoms with van der Waals surface area (Å²) >= 11 is 1.92. The third-order valence-electron chi connectivity index (χ3n) is 2.68. The van der Waals surface area contributed by atoms with Crippen molar-refractivity contribution in [2.45, 2.75) is 32.2 Å². The molecule has 1 saturated heterocycles. The van der Waals surface area contributed by atoms with Gasteiger partial charge in [-0.05, 0) is 24.6 Å². The number of carbonyl (C=O) groups is 1. The number of amides is 1. The first-order valence-electron chi connectivity index (χ1n) is 5.33. The molecule has 0 radical (unpaired) electrons. The first kappa shape index (κ1) is 11.9. The van der Waals surface area contributed by atoms with E-state index in [4.69, 9.17) is 5.73 Å². The fraction of sp³-hybridized carbons (Fsp3) is 0.900. The Balaban J connectivity index is 2.20. The predicted octanol–water partition coefficient (Wildman–Crippen LogP) is 0.983. The topological polar surface area (TPSA) is 55.1 Å². The van der Waals surface area contributed by atoms with Crippen molar-refractivity contribution in [1.82, 2.24) is 5.32 Å². The van der Waals surface area contributed by atoms with Crippen molar-refractivity contribution >= 4 is 17.7 Å². The molecule has 2 unspecified atom stereocenters. The van der Waals surface area contributed by atoms with E-state index in [1.54, 1.807) is 0 Å². The molecule has 1 aliphatic heterocycles. The summed E-state index contributed by atoms with van der Waals surface area (Å²) < 4.78 is 0. The van der Waals surface area contributed by atoms with E-state index >= 15 is 0 Å². The Bertz CT molecular complexity index is 171. The van der Waals surface area contributed by atoms with E-state index in [9.17, 15) is 4.79 Å². The van der Waals surface area contributed by atoms with Gasteiger partial charge in [0.25, 0.3) is 0 Å². The molecule has 3 nitrogen and oxygen atoms in total. The van der Waals surface area contributed by atoms with Crippen LogP contribution in [0.25, 0.3) is 0 Å². The van der Waals surface area contributed by atoms with Crippen molar-refractivity contribution in [1.29, 1.82) is 0 Å². The van der Waals surface area contributed by atoms with Gasteiger partial charge in [0, 0.05) is 18.2 Å². The van der Waals surface area contributed by atoms with E-state index in [1.165, 1.54) is 5.75 Å². The molecule has 0 aromatic rings. The van der Waals surface area contributed by atoms with Crippen LogP contribution in [0.3, 0.4) is 0 Å². The van der Waals surface area contributed by atoms with Crippen molar-refractivity contribution < 1.29 is 4.79 Å². The fourth-order valence-electron chi connectivity index (χ4n) is 1.59. The second-order valence-corrected chi connectivity index (χ2v) is 4.99. The zero-order chi connectivity index (χ0) is 10.4. The van der Waals surface area contributed by atoms with Crippen LogP contribution in [0, 0.1) is 5.92 Å². The molecule has 0 aromatic heterocycles. The van der Waals surface area contributed by atoms with E-state index in [-0.39, 0.29) is 5.91 Å². The smallest absolute Gasteiger partial charge is 0.220 e. The zero-order valence-corrected chi connectivity index (χ0v) is 9.61. The lowest BCUT2D eigenvalue weighted by Gasteiger charge is -2.15. The Morgan fingerprint density at radius 1 is 1.71 bits per heavy atom. The summed E-state index contributed by atoms with van der Waals surface area (Å²) in [6.45, 7) is 2.69. The van der Waals surface area contributed by atoms with Crippen LogP contribution in [0.15, 0.2) is 0 Å². The number of hydrogen-bond donors (Lipinski definition) is 2. The third kappa shape index (κ3) is 3.88. The van der Waals surface area contributed by atoms with Crippen LogP contribution in [0.1, 0.15) is 26.2 Å². The summed E-state index contributed by atoms with van der Waals surface area (Å²) in [6.07, 6.45) is 2.70. The number of nitrogens with two attached hydrogens (primary N) is 1. The Morgan fingerprint density at radius 2 is 2.50 bits per heavy atom. The maximum absolute atomic E-state index is 11.6. The van der Waals surface area contributed by atoms with Crippen LogP contribution >= 0.6 is 11.8 Å². The Labute approximate surface area is 90.2 Å². The van der Waals surface area contributed by atoms with Gasteiger partial charge in [0.1, 0.15) is 0 Å². The highest BCUT2D eigenvalue weighted by molar-refractivity contribution is 7.99. The quantitative estimate of drug-likeness (QED) is 0.720. The Hall–Kier alpha value is -0.220. The second kappa shape index (κ2) is 6.30. The first-order chi connectivity index (χ1) is 6.76. The molecule has 82 valence electrons. The molecule has 1 fully saturated rings. The molecule has 2 atom stereocenters. The summed E-state index contributed by atoms with van der Waals surface area (Å²) in [6, 6.07) is 0.405. The van der Waals surface area contributed by atoms with Crippen LogP contribution < -0.4 is 11.1 Å². The standard InChI is InChI=1S/C10H20N2OS/c1-2-8(6-11)5-10(13)12-9-3-4-14-7-9/h8-9H,2-7,11H2,1H3,(H,12,13). The van der Waals surface area contributed by atoms with Gasteiger partial charge >= 0.3 is 0 Å². The van der Waals surface area contributed by atoms with Gasteiger partial charge < -0.3 is 11.1 Å². The lowest BCUT2D eigenvalue weighted by Crippen LogP contribution is -2.36. The molecule has 1 rings (SSSR count). The number of nitrogens with one attached hydrogen (secondary N) is 1. The third-order valence-corrected chi connectivity index (χ3v) is 3.84. The van der Waals surface area contributed by atoms with E-state index in [2.05, 4.69) is 12.2 Å². The highest BCUT2D eigenvalue weighted by atomic mass is 32.2. The number of hydrogen-bond acceptors (Lipinski definition) is 3. The van der Waals surface area contributed by atoms with Crippen molar-refractivity contribution in [2.24, 2.45) is 11.7 Å². The summed E-state index contributed by atoms with van der Waals surface area (Å²) in [5.41, 5.74) is 5.56. The molecule has 0 aliphatic carbocycles. The van der Waals surface area contributed by atoms with Crippen molar-refractivity contribution in [3.63, 3.8) is 0 Å². The monoisotopic (exact) mass is 216 g/mol. The van der Waals surface area contributed by atoms with Crippen molar-refractivity contribution in [2.75, 3.05) is 18.1 Å². The zero-order valence-electron chi connectivity index (χ0n) is 8.79. The van der Waals surface area contributed by atoms with Gasteiger partial charge in [0.2, 0.25) is 5.91 Å². The molecule has 0 saturated carbocycles. The van der Waals surface area contributed by atoms with Crippen LogP contribution in [-0.4, -0.2) is 30.0 Å². The summed E-state index contributed by atoms with van der Waals surface area (Å²) in [5.74, 6) is 2.78. The second-order valence-electron chi connectivity index (χ2n) is 3.84. The number of rotatable bonds is 5. The van der Waals surface area contributed by atoms with Gasteiger partial charge in [0.05, 0.1) is 0 Å². The largest absolute Gasteiger partial charge is 0.353 e. The number of carbonyl (C=O) groups excluding carboxylic acids is 1. The molecular formula is C10H20N2OS. The van der Waals surface area contributed by atoms with E-state index < -0.39 is 0 Å². The predicted molar refractivity (Wildman–Crippen MR) is 61.3 cm³/mol. The van der Waals surface area contributed by atoms with Crippen molar-refractivity contribution in [3.05, 3.63) is 0 Å². The molecule has 14 heavy (non-hydrogen) atoms. The molecule has 1 aliphatic rings. The summed E-state index contributed by atoms with van der Waals surface area (Å²) in [5, 5.41) is 3.06. The summed E-state index contributed by atoms with van der Waals surface area (Å²) in [4.78, 5) is 11.6. The molecule has 4 heteroatoms. The molecule has 0 aromatic carbocycles. The number of thioether (sulfide) groups is 1. The minimum atomic E-state index is 0.176. The van der Waals surface area contributed by atoms with Crippen LogP contribution in [0.4, 0.5) is 0 Å². The fourth-order valence-corrected chi connectivity index (χ4v) is 2.74. The van der Waals surface area contributed by atoms with Crippen LogP contribution in [0.2, 0.25) is 0 Å². The van der Waals surface area contributed by atoms with Crippen molar-refractivity contribution in [3.8, 4) is 0 Å². The van der Waals surface area contributed by atoms with Gasteiger partial charge in [-0.2, -0.15) is 11.8 Å². The van der Waals surface area contributed by atoms with Gasteiger partial charge in [0.15, 0.2) is 0 Å². The highest BCUT2D eigenvalue weighted by Crippen LogP contribution is 2.17. The lowest BCUT2D eigenvalue weighted by molar-refractivity contribution is -0.122. The SMILES string of the molecule is CCC(CN)CC(=O)NC1CCSC1. The molecule has 3 N–H and O–H groups in total. The van der Waals surface area contributed by atoms with Crippen LogP contribution in [0.5, 0.6) is 0 Å². The average Bonchev–Trinajstić information content (AvgIpc) is 2.66. The van der Waals surface area contributed by atoms with Crippen LogP contribution in [-0.2, 0) is 4.79 Å². The normalized spacial score (nSPS) is 23.4. The molecule has 0 spiro atoms. The molecule has 0 bridgehead atoms. The van der Waals surface area contributed by atoms with E-state index in [0.717, 1.165) is 18.6 Å². The van der Waals surface area contributed by atoms with E-state index in [0.29, 0.717) is 24.9 Å². The minimum absolute atomic E-state index is 0.176. The average molecular weight is 216 g/mol. The van der Waals surface area contributed by atoms with Gasteiger partial charge in [-0.1, -0.05) is 13.3 Å². The van der Waals surface area contributed by atoms with Gasteiger partial charge in [-0.15, -0.1) is 0 Å². The first-order valence-corrected chi connectivity index (χ1v) is 6.49. The van der Waals surface area contributed by atoms with Gasteiger partial charge in [-0.3, -0.25) is 4.79 Å². The lowest BCUT2D eigenvalue weighted by atomic mass is 10.0. The molecular weight excluding hydrogens is 196 g/mol. The maximum Gasteiger partial charge on any atom is 0.220 e. The Kier molecular flexibility index (Phi) is 5.33. The van der Waals surface area contributed by atoms with Gasteiger partial charge in [-0.25, -0.2) is 0 Å². The highest BCUT2D eigenvalue weighted by Gasteiger charge is 2.18. The molecule has 1 heterocycles. The minimum Gasteiger partial charge on any atom is -0.353 e.